The van der Waals surface area contributed by atoms with Crippen molar-refractivity contribution >= 4 is 0 Å². The Morgan fingerprint density at radius 1 is 1.33 bits per heavy atom. The third-order valence-electron chi connectivity index (χ3n) is 2.61. The monoisotopic (exact) mass is 165 g/mol. The van der Waals surface area contributed by atoms with Crippen molar-refractivity contribution in [2.24, 2.45) is 5.92 Å². The zero-order valence-electron chi connectivity index (χ0n) is 8.26. The highest BCUT2D eigenvalue weighted by Gasteiger charge is 2.05. The van der Waals surface area contributed by atoms with Crippen LogP contribution in [0.15, 0.2) is 12.2 Å². The minimum absolute atomic E-state index is 0.852. The molecule has 1 radical (unpaired) electrons. The Hall–Kier alpha value is -0.260. The van der Waals surface area contributed by atoms with Gasteiger partial charge in [-0.25, -0.2) is 0 Å². The van der Waals surface area contributed by atoms with Crippen molar-refractivity contribution < 1.29 is 0 Å². The molecular weight excluding hydrogens is 144 g/mol. The molecule has 0 N–H and O–H groups in total. The zero-order valence-corrected chi connectivity index (χ0v) is 8.26. The molecule has 0 aromatic rings. The quantitative estimate of drug-likeness (QED) is 0.552. The summed E-state index contributed by atoms with van der Waals surface area (Å²) in [5.74, 6) is 0.852. The van der Waals surface area contributed by atoms with Crippen LogP contribution in [-0.4, -0.2) is 0 Å². The summed E-state index contributed by atoms with van der Waals surface area (Å²) in [5, 5.41) is 0. The average Bonchev–Trinajstić information content (AvgIpc) is 2.02. The van der Waals surface area contributed by atoms with E-state index in [0.29, 0.717) is 0 Å². The van der Waals surface area contributed by atoms with Gasteiger partial charge in [-0.05, 0) is 38.0 Å². The van der Waals surface area contributed by atoms with Gasteiger partial charge in [0, 0.05) is 0 Å². The Kier molecular flexibility index (Phi) is 5.14. The van der Waals surface area contributed by atoms with Crippen molar-refractivity contribution in [3.8, 4) is 0 Å². The predicted octanol–water partition coefficient (Wildman–Crippen LogP) is 4.13. The van der Waals surface area contributed by atoms with E-state index in [-0.39, 0.29) is 0 Å². The lowest BCUT2D eigenvalue weighted by Gasteiger charge is -2.13. The molecule has 0 heterocycles. The summed E-state index contributed by atoms with van der Waals surface area (Å²) in [5.41, 5.74) is 0. The first-order chi connectivity index (χ1) is 5.93. The van der Waals surface area contributed by atoms with E-state index in [1.165, 1.54) is 44.9 Å². The van der Waals surface area contributed by atoms with Gasteiger partial charge in [-0.3, -0.25) is 0 Å². The molecule has 0 spiro atoms. The van der Waals surface area contributed by atoms with Gasteiger partial charge in [0.15, 0.2) is 0 Å². The van der Waals surface area contributed by atoms with Crippen LogP contribution in [0.1, 0.15) is 51.9 Å². The fourth-order valence-electron chi connectivity index (χ4n) is 1.81. The first-order valence-electron chi connectivity index (χ1n) is 5.42. The highest BCUT2D eigenvalue weighted by Crippen LogP contribution is 2.20. The van der Waals surface area contributed by atoms with Crippen molar-refractivity contribution in [1.82, 2.24) is 0 Å². The van der Waals surface area contributed by atoms with Gasteiger partial charge in [0.1, 0.15) is 0 Å². The van der Waals surface area contributed by atoms with E-state index < -0.39 is 0 Å². The van der Waals surface area contributed by atoms with E-state index in [9.17, 15) is 0 Å². The van der Waals surface area contributed by atoms with E-state index in [4.69, 9.17) is 0 Å². The minimum atomic E-state index is 0.852. The largest absolute Gasteiger partial charge is 0.0883 e. The molecule has 0 fully saturated rings. The molecule has 0 saturated carbocycles. The molecule has 12 heavy (non-hydrogen) atoms. The Labute approximate surface area is 77.1 Å². The maximum absolute atomic E-state index is 2.44. The third-order valence-corrected chi connectivity index (χ3v) is 2.61. The molecule has 0 aromatic carbocycles. The topological polar surface area (TPSA) is 0 Å². The van der Waals surface area contributed by atoms with Crippen LogP contribution in [0, 0.1) is 12.3 Å². The van der Waals surface area contributed by atoms with Crippen LogP contribution in [0.4, 0.5) is 0 Å². The summed E-state index contributed by atoms with van der Waals surface area (Å²) in [6.07, 6.45) is 16.8. The van der Waals surface area contributed by atoms with Crippen LogP contribution < -0.4 is 0 Å². The van der Waals surface area contributed by atoms with Crippen LogP contribution in [0.3, 0.4) is 0 Å². The van der Waals surface area contributed by atoms with Crippen molar-refractivity contribution in [2.75, 3.05) is 0 Å². The molecule has 1 aliphatic rings. The highest BCUT2D eigenvalue weighted by atomic mass is 14.1. The van der Waals surface area contributed by atoms with Gasteiger partial charge in [-0.1, -0.05) is 38.3 Å². The smallest absolute Gasteiger partial charge is 0.0231 e. The van der Waals surface area contributed by atoms with Crippen molar-refractivity contribution in [3.63, 3.8) is 0 Å². The SMILES string of the molecule is CC[CH]CC1C=CCCCCC1. The lowest BCUT2D eigenvalue weighted by molar-refractivity contribution is 0.511. The van der Waals surface area contributed by atoms with Gasteiger partial charge in [-0.15, -0.1) is 0 Å². The first kappa shape index (κ1) is 9.83. The van der Waals surface area contributed by atoms with Gasteiger partial charge in [0.05, 0.1) is 0 Å². The molecule has 0 aromatic heterocycles. The molecule has 0 nitrogen and oxygen atoms in total. The molecule has 0 amide bonds. The second-order valence-corrected chi connectivity index (χ2v) is 3.76. The normalized spacial score (nSPS) is 24.9. The van der Waals surface area contributed by atoms with Crippen LogP contribution in [0.5, 0.6) is 0 Å². The molecule has 1 rings (SSSR count). The van der Waals surface area contributed by atoms with Crippen LogP contribution in [0.2, 0.25) is 0 Å². The lowest BCUT2D eigenvalue weighted by Crippen LogP contribution is -1.99. The first-order valence-corrected chi connectivity index (χ1v) is 5.42. The highest BCUT2D eigenvalue weighted by molar-refractivity contribution is 4.91. The maximum atomic E-state index is 2.44. The van der Waals surface area contributed by atoms with Gasteiger partial charge in [0.25, 0.3) is 0 Å². The number of unbranched alkanes of at least 4 members (excludes halogenated alkanes) is 1. The number of rotatable bonds is 3. The summed E-state index contributed by atoms with van der Waals surface area (Å²) >= 11 is 0. The number of hydrogen-bond acceptors (Lipinski definition) is 0. The standard InChI is InChI=1S/C12H21/c1-2-3-9-12-10-7-5-4-6-8-11-12/h3,7,10,12H,2,4-6,8-9,11H2,1H3. The van der Waals surface area contributed by atoms with Gasteiger partial charge in [0.2, 0.25) is 0 Å². The fourth-order valence-corrected chi connectivity index (χ4v) is 1.81. The van der Waals surface area contributed by atoms with Crippen molar-refractivity contribution in [3.05, 3.63) is 18.6 Å². The van der Waals surface area contributed by atoms with Gasteiger partial charge >= 0.3 is 0 Å². The molecule has 1 aliphatic carbocycles. The molecule has 1 atom stereocenters. The predicted molar refractivity (Wildman–Crippen MR) is 54.9 cm³/mol. The Morgan fingerprint density at radius 3 is 3.08 bits per heavy atom. The molecule has 0 heteroatoms. The number of hydrogen-bond donors (Lipinski definition) is 0. The maximum Gasteiger partial charge on any atom is -0.0231 e. The van der Waals surface area contributed by atoms with Crippen LogP contribution in [-0.2, 0) is 0 Å². The Balaban J connectivity index is 2.23. The van der Waals surface area contributed by atoms with E-state index in [2.05, 4.69) is 25.5 Å². The zero-order chi connectivity index (χ0) is 8.65. The molecule has 0 saturated heterocycles. The summed E-state index contributed by atoms with van der Waals surface area (Å²) in [6.45, 7) is 2.23. The average molecular weight is 165 g/mol. The molecular formula is C12H21. The second kappa shape index (κ2) is 6.28. The van der Waals surface area contributed by atoms with Crippen LogP contribution in [0.25, 0.3) is 0 Å². The second-order valence-electron chi connectivity index (χ2n) is 3.76. The van der Waals surface area contributed by atoms with Crippen molar-refractivity contribution in [2.45, 2.75) is 51.9 Å². The molecule has 1 unspecified atom stereocenters. The van der Waals surface area contributed by atoms with Gasteiger partial charge in [-0.2, -0.15) is 0 Å². The number of allylic oxidation sites excluding steroid dienone is 2. The summed E-state index contributed by atoms with van der Waals surface area (Å²) in [6, 6.07) is 0. The fraction of sp³-hybridized carbons (Fsp3) is 0.750. The van der Waals surface area contributed by atoms with Gasteiger partial charge < -0.3 is 0 Å². The Morgan fingerprint density at radius 2 is 2.25 bits per heavy atom. The van der Waals surface area contributed by atoms with E-state index in [0.717, 1.165) is 5.92 Å². The molecule has 69 valence electrons. The summed E-state index contributed by atoms with van der Waals surface area (Å²) in [7, 11) is 0. The van der Waals surface area contributed by atoms with Crippen molar-refractivity contribution in [1.29, 1.82) is 0 Å². The lowest BCUT2D eigenvalue weighted by atomic mass is 9.92. The van der Waals surface area contributed by atoms with E-state index in [1.54, 1.807) is 0 Å². The van der Waals surface area contributed by atoms with E-state index >= 15 is 0 Å². The summed E-state index contributed by atoms with van der Waals surface area (Å²) < 4.78 is 0. The summed E-state index contributed by atoms with van der Waals surface area (Å²) in [4.78, 5) is 0. The minimum Gasteiger partial charge on any atom is -0.0883 e. The Bertz CT molecular complexity index is 124. The molecule has 0 aliphatic heterocycles. The van der Waals surface area contributed by atoms with Crippen LogP contribution >= 0.6 is 0 Å². The third kappa shape index (κ3) is 3.94. The molecule has 0 bridgehead atoms. The van der Waals surface area contributed by atoms with E-state index in [1.807, 2.05) is 0 Å².